The Balaban J connectivity index is 1.79. The van der Waals surface area contributed by atoms with Crippen LogP contribution in [0.5, 0.6) is 5.75 Å². The predicted molar refractivity (Wildman–Crippen MR) is 105 cm³/mol. The molecule has 0 aliphatic carbocycles. The van der Waals surface area contributed by atoms with Crippen LogP contribution in [-0.2, 0) is 19.4 Å². The molecule has 3 aromatic carbocycles. The summed E-state index contributed by atoms with van der Waals surface area (Å²) in [6, 6.07) is 17.9. The molecule has 1 N–H and O–H groups in total. The maximum Gasteiger partial charge on any atom is 0.416 e. The lowest BCUT2D eigenvalue weighted by Crippen LogP contribution is -2.06. The van der Waals surface area contributed by atoms with Gasteiger partial charge in [0.05, 0.1) is 12.2 Å². The molecule has 0 radical (unpaired) electrons. The molecule has 0 aliphatic heterocycles. The molecule has 0 bridgehead atoms. The van der Waals surface area contributed by atoms with Crippen molar-refractivity contribution in [2.45, 2.75) is 26.3 Å². The molecule has 0 aromatic heterocycles. The van der Waals surface area contributed by atoms with E-state index < -0.39 is 11.7 Å². The third-order valence-electron chi connectivity index (χ3n) is 4.29. The van der Waals surface area contributed by atoms with Crippen LogP contribution < -0.4 is 4.74 Å². The van der Waals surface area contributed by atoms with Gasteiger partial charge < -0.3 is 9.84 Å². The van der Waals surface area contributed by atoms with E-state index in [1.54, 1.807) is 24.3 Å². The Bertz CT molecular complexity index is 1040. The Hall–Kier alpha value is -3.23. The minimum atomic E-state index is -4.41. The number of hydrogen-bond donors (Lipinski definition) is 1. The molecule has 0 saturated heterocycles. The Morgan fingerprint density at radius 2 is 1.59 bits per heavy atom. The Morgan fingerprint density at radius 3 is 2.28 bits per heavy atom. The molecule has 29 heavy (non-hydrogen) atoms. The van der Waals surface area contributed by atoms with Gasteiger partial charge in [-0.15, -0.1) is 0 Å². The monoisotopic (exact) mass is 396 g/mol. The van der Waals surface area contributed by atoms with Gasteiger partial charge in [0, 0.05) is 16.7 Å². The van der Waals surface area contributed by atoms with Crippen LogP contribution in [0.1, 0.15) is 33.4 Å². The van der Waals surface area contributed by atoms with Crippen molar-refractivity contribution in [3.8, 4) is 17.6 Å². The van der Waals surface area contributed by atoms with Crippen LogP contribution in [0.3, 0.4) is 0 Å². The number of halogens is 3. The summed E-state index contributed by atoms with van der Waals surface area (Å²) in [7, 11) is 0. The summed E-state index contributed by atoms with van der Waals surface area (Å²) in [5.74, 6) is 6.49. The van der Waals surface area contributed by atoms with Crippen molar-refractivity contribution in [2.75, 3.05) is 0 Å². The first-order valence-corrected chi connectivity index (χ1v) is 8.96. The fourth-order valence-electron chi connectivity index (χ4n) is 2.68. The minimum Gasteiger partial charge on any atom is -0.488 e. The minimum absolute atomic E-state index is 0.0498. The summed E-state index contributed by atoms with van der Waals surface area (Å²) in [6.45, 7) is 1.70. The zero-order chi connectivity index (χ0) is 20.9. The van der Waals surface area contributed by atoms with Gasteiger partial charge >= 0.3 is 6.18 Å². The standard InChI is InChI=1S/C24H19F3O2/c1-17-5-7-18(8-6-17)9-10-19-11-12-21(15-28)23(14-19)29-16-20-3-2-4-22(13-20)24(25,26)27/h2-8,11-14,28H,15-16H2,1H3. The van der Waals surface area contributed by atoms with Crippen molar-refractivity contribution in [3.05, 3.63) is 100 Å². The Labute approximate surface area is 167 Å². The lowest BCUT2D eigenvalue weighted by atomic mass is 10.1. The van der Waals surface area contributed by atoms with Gasteiger partial charge in [-0.2, -0.15) is 13.2 Å². The van der Waals surface area contributed by atoms with E-state index in [-0.39, 0.29) is 13.2 Å². The van der Waals surface area contributed by atoms with Crippen molar-refractivity contribution in [2.24, 2.45) is 0 Å². The zero-order valence-electron chi connectivity index (χ0n) is 15.8. The van der Waals surface area contributed by atoms with Crippen LogP contribution in [0.25, 0.3) is 0 Å². The summed E-state index contributed by atoms with van der Waals surface area (Å²) in [6.07, 6.45) is -4.41. The lowest BCUT2D eigenvalue weighted by Gasteiger charge is -2.12. The van der Waals surface area contributed by atoms with Crippen molar-refractivity contribution in [1.82, 2.24) is 0 Å². The van der Waals surface area contributed by atoms with E-state index in [1.807, 2.05) is 31.2 Å². The normalized spacial score (nSPS) is 10.9. The quantitative estimate of drug-likeness (QED) is 0.592. The number of hydrogen-bond acceptors (Lipinski definition) is 2. The third kappa shape index (κ3) is 5.63. The maximum atomic E-state index is 12.9. The molecule has 0 heterocycles. The second-order valence-electron chi connectivity index (χ2n) is 6.58. The first-order valence-electron chi connectivity index (χ1n) is 8.96. The van der Waals surface area contributed by atoms with Crippen LogP contribution in [-0.4, -0.2) is 5.11 Å². The maximum absolute atomic E-state index is 12.9. The van der Waals surface area contributed by atoms with Gasteiger partial charge in [-0.1, -0.05) is 47.7 Å². The number of benzene rings is 3. The number of alkyl halides is 3. The third-order valence-corrected chi connectivity index (χ3v) is 4.29. The van der Waals surface area contributed by atoms with Crippen LogP contribution in [0.4, 0.5) is 13.2 Å². The van der Waals surface area contributed by atoms with Crippen LogP contribution >= 0.6 is 0 Å². The molecule has 5 heteroatoms. The number of ether oxygens (including phenoxy) is 1. The van der Waals surface area contributed by atoms with Gasteiger partial charge in [-0.25, -0.2) is 0 Å². The van der Waals surface area contributed by atoms with Crippen molar-refractivity contribution in [1.29, 1.82) is 0 Å². The molecule has 3 aromatic rings. The van der Waals surface area contributed by atoms with Crippen molar-refractivity contribution >= 4 is 0 Å². The largest absolute Gasteiger partial charge is 0.488 e. The first kappa shape index (κ1) is 20.5. The molecular formula is C24H19F3O2. The van der Waals surface area contributed by atoms with Gasteiger partial charge in [0.1, 0.15) is 12.4 Å². The molecule has 2 nitrogen and oxygen atoms in total. The van der Waals surface area contributed by atoms with E-state index >= 15 is 0 Å². The van der Waals surface area contributed by atoms with E-state index in [2.05, 4.69) is 11.8 Å². The van der Waals surface area contributed by atoms with Crippen LogP contribution in [0.2, 0.25) is 0 Å². The van der Waals surface area contributed by atoms with Gasteiger partial charge in [0.25, 0.3) is 0 Å². The van der Waals surface area contributed by atoms with Crippen molar-refractivity contribution in [3.63, 3.8) is 0 Å². The van der Waals surface area contributed by atoms with E-state index in [1.165, 1.54) is 6.07 Å². The fraction of sp³-hybridized carbons (Fsp3) is 0.167. The van der Waals surface area contributed by atoms with Crippen molar-refractivity contribution < 1.29 is 23.0 Å². The molecule has 0 fully saturated rings. The van der Waals surface area contributed by atoms with Crippen LogP contribution in [0.15, 0.2) is 66.7 Å². The molecule has 0 spiro atoms. The first-order chi connectivity index (χ1) is 13.8. The Morgan fingerprint density at radius 1 is 0.897 bits per heavy atom. The van der Waals surface area contributed by atoms with Crippen LogP contribution in [0, 0.1) is 18.8 Å². The van der Waals surface area contributed by atoms with Gasteiger partial charge in [-0.05, 0) is 48.9 Å². The summed E-state index contributed by atoms with van der Waals surface area (Å²) in [5.41, 5.74) is 2.90. The fourth-order valence-corrected chi connectivity index (χ4v) is 2.68. The topological polar surface area (TPSA) is 29.5 Å². The summed E-state index contributed by atoms with van der Waals surface area (Å²) >= 11 is 0. The van der Waals surface area contributed by atoms with E-state index in [0.29, 0.717) is 22.4 Å². The van der Waals surface area contributed by atoms with E-state index in [9.17, 15) is 18.3 Å². The average molecular weight is 396 g/mol. The summed E-state index contributed by atoms with van der Waals surface area (Å²) in [5, 5.41) is 9.53. The molecule has 3 rings (SSSR count). The lowest BCUT2D eigenvalue weighted by molar-refractivity contribution is -0.137. The highest BCUT2D eigenvalue weighted by atomic mass is 19.4. The number of aliphatic hydroxyl groups is 1. The molecule has 0 saturated carbocycles. The molecule has 148 valence electrons. The zero-order valence-corrected chi connectivity index (χ0v) is 15.8. The number of rotatable bonds is 4. The van der Waals surface area contributed by atoms with Gasteiger partial charge in [0.2, 0.25) is 0 Å². The number of aliphatic hydroxyl groups excluding tert-OH is 1. The van der Waals surface area contributed by atoms with Gasteiger partial charge in [-0.3, -0.25) is 0 Å². The molecule has 0 aliphatic rings. The average Bonchev–Trinajstić information content (AvgIpc) is 2.71. The van der Waals surface area contributed by atoms with E-state index in [4.69, 9.17) is 4.74 Å². The second-order valence-corrected chi connectivity index (χ2v) is 6.58. The number of aryl methyl sites for hydroxylation is 1. The summed E-state index contributed by atoms with van der Waals surface area (Å²) < 4.78 is 44.3. The predicted octanol–water partition coefficient (Wildman–Crippen LogP) is 5.48. The van der Waals surface area contributed by atoms with Gasteiger partial charge in [0.15, 0.2) is 0 Å². The van der Waals surface area contributed by atoms with E-state index in [0.717, 1.165) is 23.3 Å². The molecule has 0 unspecified atom stereocenters. The molecular weight excluding hydrogens is 377 g/mol. The Kier molecular flexibility index (Phi) is 6.26. The highest BCUT2D eigenvalue weighted by Gasteiger charge is 2.30. The second kappa shape index (κ2) is 8.85. The molecule has 0 amide bonds. The SMILES string of the molecule is Cc1ccc(C#Cc2ccc(CO)c(OCc3cccc(C(F)(F)F)c3)c2)cc1. The molecule has 0 atom stereocenters. The highest BCUT2D eigenvalue weighted by Crippen LogP contribution is 2.30. The smallest absolute Gasteiger partial charge is 0.416 e. The highest BCUT2D eigenvalue weighted by molar-refractivity contribution is 5.48. The summed E-state index contributed by atoms with van der Waals surface area (Å²) in [4.78, 5) is 0.